The first-order chi connectivity index (χ1) is 16.6. The van der Waals surface area contributed by atoms with Crippen molar-refractivity contribution in [3.8, 4) is 0 Å². The summed E-state index contributed by atoms with van der Waals surface area (Å²) in [5.74, 6) is 1.46. The molecule has 0 fully saturated rings. The van der Waals surface area contributed by atoms with Gasteiger partial charge in [0, 0.05) is 37.0 Å². The maximum Gasteiger partial charge on any atom is 0.252 e. The van der Waals surface area contributed by atoms with Gasteiger partial charge in [-0.25, -0.2) is 5.01 Å². The van der Waals surface area contributed by atoms with E-state index in [1.165, 1.54) is 6.20 Å². The van der Waals surface area contributed by atoms with Crippen molar-refractivity contribution in [1.82, 2.24) is 25.9 Å². The Bertz CT molecular complexity index is 1250. The zero-order valence-corrected chi connectivity index (χ0v) is 18.7. The summed E-state index contributed by atoms with van der Waals surface area (Å²) in [6.07, 6.45) is 1.25. The van der Waals surface area contributed by atoms with E-state index >= 15 is 0 Å². The van der Waals surface area contributed by atoms with Crippen LogP contribution in [0.2, 0.25) is 0 Å². The van der Waals surface area contributed by atoms with Gasteiger partial charge in [-0.3, -0.25) is 15.2 Å². The maximum atomic E-state index is 12.1. The van der Waals surface area contributed by atoms with Crippen LogP contribution in [0.25, 0.3) is 0 Å². The lowest BCUT2D eigenvalue weighted by Crippen LogP contribution is -2.36. The van der Waals surface area contributed by atoms with Crippen LogP contribution in [0.4, 0.5) is 0 Å². The first kappa shape index (κ1) is 21.6. The number of amides is 1. The summed E-state index contributed by atoms with van der Waals surface area (Å²) in [6, 6.07) is 13.1. The number of nitrogens with one attached hydrogen (secondary N) is 2. The van der Waals surface area contributed by atoms with E-state index in [9.17, 15) is 4.79 Å². The summed E-state index contributed by atoms with van der Waals surface area (Å²) in [4.78, 5) is 16.5. The number of hydrazone groups is 2. The van der Waals surface area contributed by atoms with E-state index in [2.05, 4.69) is 26.0 Å². The molecule has 11 heteroatoms. The summed E-state index contributed by atoms with van der Waals surface area (Å²) in [5, 5.41) is 17.7. The van der Waals surface area contributed by atoms with Gasteiger partial charge in [0.2, 0.25) is 11.7 Å². The molecule has 2 aromatic heterocycles. The molecule has 3 aromatic rings. The molecule has 1 atom stereocenters. The predicted octanol–water partition coefficient (Wildman–Crippen LogP) is 1.91. The number of aromatic nitrogens is 2. The number of methoxy groups -OCH3 is 1. The number of amidine groups is 1. The van der Waals surface area contributed by atoms with Crippen molar-refractivity contribution >= 4 is 17.6 Å². The summed E-state index contributed by atoms with van der Waals surface area (Å²) in [7, 11) is 1.58. The SMILES string of the molecule is COCCNC(=O)c1ccc(COC2=NN3C(c4cc(C)on4)=NNC3c3ccccc32)nc1. The number of carbonyl (C=O) groups is 1. The normalized spacial score (nSPS) is 16.2. The van der Waals surface area contributed by atoms with Gasteiger partial charge in [0.15, 0.2) is 11.9 Å². The largest absolute Gasteiger partial charge is 0.470 e. The Kier molecular flexibility index (Phi) is 5.91. The highest BCUT2D eigenvalue weighted by molar-refractivity contribution is 6.02. The Balaban J connectivity index is 1.32. The minimum atomic E-state index is -0.274. The molecule has 2 aliphatic rings. The molecule has 1 aromatic carbocycles. The molecule has 0 saturated carbocycles. The van der Waals surface area contributed by atoms with Crippen LogP contribution in [0.3, 0.4) is 0 Å². The number of ether oxygens (including phenoxy) is 2. The number of benzene rings is 1. The fourth-order valence-corrected chi connectivity index (χ4v) is 3.65. The molecule has 2 aliphatic heterocycles. The first-order valence-electron chi connectivity index (χ1n) is 10.7. The van der Waals surface area contributed by atoms with E-state index in [0.717, 1.165) is 11.1 Å². The quantitative estimate of drug-likeness (QED) is 0.511. The standard InChI is InChI=1S/C23H23N7O4/c1-14-11-19(29-34-14)21-27-26-20-17-5-3-4-6-18(17)23(28-30(20)21)33-13-16-8-7-15(12-25-16)22(31)24-9-10-32-2/h3-8,11-12,20,26H,9-10,13H2,1-2H3,(H,24,31). The van der Waals surface area contributed by atoms with Gasteiger partial charge in [-0.05, 0) is 25.1 Å². The van der Waals surface area contributed by atoms with Crippen LogP contribution in [0.5, 0.6) is 0 Å². The number of hydrogen-bond donors (Lipinski definition) is 2. The van der Waals surface area contributed by atoms with Crippen LogP contribution < -0.4 is 10.7 Å². The number of hydrogen-bond acceptors (Lipinski definition) is 10. The van der Waals surface area contributed by atoms with E-state index < -0.39 is 0 Å². The molecule has 2 N–H and O–H groups in total. The topological polar surface area (TPSA) is 126 Å². The molecule has 4 heterocycles. The minimum Gasteiger partial charge on any atom is -0.470 e. The second-order valence-corrected chi connectivity index (χ2v) is 7.70. The molecular weight excluding hydrogens is 438 g/mol. The van der Waals surface area contributed by atoms with Crippen molar-refractivity contribution in [2.75, 3.05) is 20.3 Å². The third-order valence-corrected chi connectivity index (χ3v) is 5.33. The summed E-state index contributed by atoms with van der Waals surface area (Å²) < 4.78 is 16.2. The van der Waals surface area contributed by atoms with Gasteiger partial charge in [0.1, 0.15) is 12.4 Å². The van der Waals surface area contributed by atoms with E-state index in [0.29, 0.717) is 47.6 Å². The Hall–Kier alpha value is -4.25. The van der Waals surface area contributed by atoms with E-state index in [-0.39, 0.29) is 18.7 Å². The molecule has 11 nitrogen and oxygen atoms in total. The smallest absolute Gasteiger partial charge is 0.252 e. The van der Waals surface area contributed by atoms with E-state index in [1.54, 1.807) is 30.3 Å². The highest BCUT2D eigenvalue weighted by Gasteiger charge is 2.38. The number of pyridine rings is 1. The number of nitrogens with zero attached hydrogens (tertiary/aromatic N) is 5. The van der Waals surface area contributed by atoms with E-state index in [4.69, 9.17) is 19.1 Å². The van der Waals surface area contributed by atoms with Crippen molar-refractivity contribution < 1.29 is 18.8 Å². The van der Waals surface area contributed by atoms with Crippen molar-refractivity contribution in [3.05, 3.63) is 82.5 Å². The molecule has 0 spiro atoms. The molecule has 0 saturated heterocycles. The zero-order chi connectivity index (χ0) is 23.5. The highest BCUT2D eigenvalue weighted by Crippen LogP contribution is 2.33. The van der Waals surface area contributed by atoms with Gasteiger partial charge >= 0.3 is 0 Å². The first-order valence-corrected chi connectivity index (χ1v) is 10.7. The van der Waals surface area contributed by atoms with Crippen molar-refractivity contribution in [2.24, 2.45) is 10.2 Å². The van der Waals surface area contributed by atoms with Gasteiger partial charge < -0.3 is 19.3 Å². The average Bonchev–Trinajstić information content (AvgIpc) is 3.49. The lowest BCUT2D eigenvalue weighted by Gasteiger charge is -2.29. The molecule has 0 radical (unpaired) electrons. The summed E-state index contributed by atoms with van der Waals surface area (Å²) in [6.45, 7) is 2.89. The molecule has 1 unspecified atom stereocenters. The predicted molar refractivity (Wildman–Crippen MR) is 122 cm³/mol. The molecule has 174 valence electrons. The van der Waals surface area contributed by atoms with Crippen LogP contribution in [-0.4, -0.2) is 53.1 Å². The van der Waals surface area contributed by atoms with Gasteiger partial charge in [-0.15, -0.1) is 5.10 Å². The molecule has 0 bridgehead atoms. The van der Waals surface area contributed by atoms with E-state index in [1.807, 2.05) is 31.2 Å². The third-order valence-electron chi connectivity index (χ3n) is 5.33. The Morgan fingerprint density at radius 2 is 2.15 bits per heavy atom. The van der Waals surface area contributed by atoms with Gasteiger partial charge in [0.25, 0.3) is 5.91 Å². The molecular formula is C23H23N7O4. The number of rotatable bonds is 7. The second kappa shape index (κ2) is 9.32. The number of aryl methyl sites for hydroxylation is 1. The maximum absolute atomic E-state index is 12.1. The number of fused-ring (bicyclic) bond motifs is 3. The van der Waals surface area contributed by atoms with Crippen LogP contribution >= 0.6 is 0 Å². The molecule has 5 rings (SSSR count). The van der Waals surface area contributed by atoms with Gasteiger partial charge in [0.05, 0.1) is 17.9 Å². The summed E-state index contributed by atoms with van der Waals surface area (Å²) in [5.41, 5.74) is 6.66. The van der Waals surface area contributed by atoms with Gasteiger partial charge in [-0.2, -0.15) is 5.10 Å². The lowest BCUT2D eigenvalue weighted by atomic mass is 10.0. The van der Waals surface area contributed by atoms with Crippen molar-refractivity contribution in [2.45, 2.75) is 19.7 Å². The fraction of sp³-hybridized carbons (Fsp3) is 0.261. The van der Waals surface area contributed by atoms with Crippen molar-refractivity contribution in [3.63, 3.8) is 0 Å². The minimum absolute atomic E-state index is 0.181. The molecule has 34 heavy (non-hydrogen) atoms. The monoisotopic (exact) mass is 461 g/mol. The lowest BCUT2D eigenvalue weighted by molar-refractivity contribution is 0.0936. The fourth-order valence-electron chi connectivity index (χ4n) is 3.65. The Morgan fingerprint density at radius 3 is 2.91 bits per heavy atom. The second-order valence-electron chi connectivity index (χ2n) is 7.70. The summed E-state index contributed by atoms with van der Waals surface area (Å²) >= 11 is 0. The average molecular weight is 461 g/mol. The highest BCUT2D eigenvalue weighted by atomic mass is 16.5. The van der Waals surface area contributed by atoms with Crippen molar-refractivity contribution in [1.29, 1.82) is 0 Å². The van der Waals surface area contributed by atoms with Crippen LogP contribution in [0.15, 0.2) is 63.4 Å². The zero-order valence-electron chi connectivity index (χ0n) is 18.7. The molecule has 0 aliphatic carbocycles. The van der Waals surface area contributed by atoms with Gasteiger partial charge in [-0.1, -0.05) is 23.4 Å². The third kappa shape index (κ3) is 4.20. The van der Waals surface area contributed by atoms with Crippen LogP contribution in [-0.2, 0) is 16.1 Å². The molecule has 1 amide bonds. The Morgan fingerprint density at radius 1 is 1.26 bits per heavy atom. The van der Waals surface area contributed by atoms with Crippen LogP contribution in [0.1, 0.15) is 44.8 Å². The number of carbonyl (C=O) groups excluding carboxylic acids is 1. The Labute approximate surface area is 195 Å². The van der Waals surface area contributed by atoms with Crippen LogP contribution in [0, 0.1) is 6.92 Å².